The Morgan fingerprint density at radius 2 is 0.651 bits per heavy atom. The molecule has 482 valence electrons. The van der Waals surface area contributed by atoms with Crippen LogP contribution in [0.2, 0.25) is 0 Å². The minimum atomic E-state index is -0.714. The van der Waals surface area contributed by atoms with Crippen LogP contribution >= 0.6 is 93.7 Å². The first-order valence-corrected chi connectivity index (χ1v) is 33.2. The molecule has 7 heterocycles. The van der Waals surface area contributed by atoms with Gasteiger partial charge in [-0.25, -0.2) is 0 Å². The Kier molecular flexibility index (Phi) is 32.2. The first kappa shape index (κ1) is 73.2. The van der Waals surface area contributed by atoms with E-state index >= 15 is 0 Å². The average molecular weight is 1370 g/mol. The van der Waals surface area contributed by atoms with Crippen molar-refractivity contribution >= 4 is 93.7 Å². The second-order valence-corrected chi connectivity index (χ2v) is 25.7. The number of ether oxygens (including phenoxy) is 14. The largest absolute Gasteiger partial charge is 0.363 e. The maximum Gasteiger partial charge on any atom is 0.164 e. The molecule has 24 nitrogen and oxygen atoms in total. The first-order chi connectivity index (χ1) is 40.1. The van der Waals surface area contributed by atoms with Gasteiger partial charge in [-0.15, -0.1) is 6.58 Å². The van der Waals surface area contributed by atoms with Crippen LogP contribution in [0.15, 0.2) is 12.7 Å². The summed E-state index contributed by atoms with van der Waals surface area (Å²) in [5.41, 5.74) is -0.443. The standard InChI is InChI=1S/C49H92O24P10/c1-9-10-11-12-51-43-20(2)34(66-49-24(6)38(70-79)31(64-49)17-54-46-23(5)37(69-78)30(62-46)16-56-48-26(8)40(72-81)42(83-50)33(65-48)19-58-75)27(59-43)13-52-44-21(3)35(67-76)28(60-44)14-53-45-22(4)36(68-77)29(61-45)15-55-47-25(7)39(71-80)41(73-82)32(63-47)18-57-74/h9,20-49H,1,10-19,74-82H2,2-8H3/t20?,21?,22?,23?,24?,25?,26?,27?,28?,29?,30?,31?,32?,33?,34?,35?,36?,37?,38?,39-,40?,41+,42?,43?,44?,45?,46?,47-,48?,49?/m1/s1. The molecule has 0 bridgehead atoms. The van der Waals surface area contributed by atoms with E-state index in [0.29, 0.717) is 6.61 Å². The van der Waals surface area contributed by atoms with Gasteiger partial charge >= 0.3 is 0 Å². The van der Waals surface area contributed by atoms with Crippen LogP contribution in [0.3, 0.4) is 0 Å². The zero-order chi connectivity index (χ0) is 60.1. The van der Waals surface area contributed by atoms with Gasteiger partial charge in [-0.3, -0.25) is 4.57 Å². The fraction of sp³-hybridized carbons (Fsp3) is 0.959. The van der Waals surface area contributed by atoms with E-state index in [-0.39, 0.29) is 108 Å². The van der Waals surface area contributed by atoms with Gasteiger partial charge in [0.1, 0.15) is 48.8 Å². The zero-order valence-electron chi connectivity index (χ0n) is 48.1. The Morgan fingerprint density at radius 1 is 0.361 bits per heavy atom. The summed E-state index contributed by atoms with van der Waals surface area (Å²) in [6, 6.07) is 0. The molecule has 7 aliphatic rings. The predicted molar refractivity (Wildman–Crippen MR) is 330 cm³/mol. The average Bonchev–Trinajstić information content (AvgIpc) is 4.46. The molecule has 0 N–H and O–H groups in total. The summed E-state index contributed by atoms with van der Waals surface area (Å²) in [7, 11) is 20.6. The van der Waals surface area contributed by atoms with Crippen molar-refractivity contribution in [1.82, 2.24) is 0 Å². The third-order valence-electron chi connectivity index (χ3n) is 17.0. The van der Waals surface area contributed by atoms with Gasteiger partial charge in [0.15, 0.2) is 52.5 Å². The summed E-state index contributed by atoms with van der Waals surface area (Å²) in [4.78, 5) is 0. The zero-order valence-corrected chi connectivity index (χ0v) is 59.4. The summed E-state index contributed by atoms with van der Waals surface area (Å²) in [5.74, 6) is -1.50. The lowest BCUT2D eigenvalue weighted by Crippen LogP contribution is -2.56. The number of rotatable bonds is 34. The SMILES string of the molecule is C=CCCCOC1OC(COC2OC(COC3OC(CO[C@@H]4OC(COP)[C@H](OP)[C@H](OP)C4C)C(OP)C3C)C(OP)C2C)C(OC2OC(COC3OC(COC4OC(COP)C(P=O)C(OP)C4C)C(OP)C3C)C(OP)C2C)C1C. The van der Waals surface area contributed by atoms with Crippen LogP contribution in [-0.2, 0) is 112 Å². The molecule has 7 saturated heterocycles. The lowest BCUT2D eigenvalue weighted by atomic mass is 9.92. The Balaban J connectivity index is 0.931. The monoisotopic (exact) mass is 1370 g/mol. The number of hydrogen-bond acceptors (Lipinski definition) is 24. The van der Waals surface area contributed by atoms with Crippen molar-refractivity contribution in [1.29, 1.82) is 0 Å². The van der Waals surface area contributed by atoms with E-state index in [1.807, 2.05) is 54.5 Å². The van der Waals surface area contributed by atoms with Gasteiger partial charge in [-0.2, -0.15) is 0 Å². The minimum Gasteiger partial charge on any atom is -0.363 e. The van der Waals surface area contributed by atoms with Crippen LogP contribution in [0.5, 0.6) is 0 Å². The molecule has 0 aromatic rings. The number of allylic oxidation sites excluding steroid dienone is 1. The fourth-order valence-electron chi connectivity index (χ4n) is 12.2. The van der Waals surface area contributed by atoms with Crippen LogP contribution < -0.4 is 0 Å². The van der Waals surface area contributed by atoms with Gasteiger partial charge < -0.3 is 107 Å². The lowest BCUT2D eigenvalue weighted by molar-refractivity contribution is -0.278. The topological polar surface area (TPSA) is 229 Å². The van der Waals surface area contributed by atoms with Crippen LogP contribution in [0.1, 0.15) is 61.3 Å². The predicted octanol–water partition coefficient (Wildman–Crippen LogP) is 6.47. The maximum atomic E-state index is 12.1. The minimum absolute atomic E-state index is 0.109. The van der Waals surface area contributed by atoms with E-state index in [9.17, 15) is 4.57 Å². The van der Waals surface area contributed by atoms with Gasteiger partial charge in [-0.1, -0.05) is 54.5 Å². The Morgan fingerprint density at radius 3 is 1.01 bits per heavy atom. The molecule has 0 spiro atoms. The lowest BCUT2D eigenvalue weighted by Gasteiger charge is -2.44. The van der Waals surface area contributed by atoms with E-state index in [0.717, 1.165) is 12.8 Å². The molecule has 7 rings (SSSR count). The molecule has 0 radical (unpaired) electrons. The molecule has 39 atom stereocenters. The number of unbranched alkanes of at least 4 members (excludes halogenated alkanes) is 1. The van der Waals surface area contributed by atoms with E-state index in [4.69, 9.17) is 107 Å². The van der Waals surface area contributed by atoms with Crippen LogP contribution in [-0.4, -0.2) is 194 Å². The second kappa shape index (κ2) is 36.5. The molecule has 0 saturated carbocycles. The van der Waals surface area contributed by atoms with Gasteiger partial charge in [-0.05, 0) is 12.8 Å². The molecule has 7 aliphatic heterocycles. The van der Waals surface area contributed by atoms with Crippen molar-refractivity contribution < 1.29 is 112 Å². The molecule has 0 aromatic carbocycles. The van der Waals surface area contributed by atoms with Crippen LogP contribution in [0, 0.1) is 41.4 Å². The highest BCUT2D eigenvalue weighted by Gasteiger charge is 2.54. The van der Waals surface area contributed by atoms with E-state index < -0.39 is 129 Å². The third-order valence-corrected chi connectivity index (χ3v) is 20.5. The summed E-state index contributed by atoms with van der Waals surface area (Å²) >= 11 is 0. The first-order valence-electron chi connectivity index (χ1n) is 28.1. The highest BCUT2D eigenvalue weighted by Crippen LogP contribution is 2.43. The summed E-state index contributed by atoms with van der Waals surface area (Å²) < 4.78 is 154. The van der Waals surface area contributed by atoms with Gasteiger partial charge in [0.25, 0.3) is 0 Å². The van der Waals surface area contributed by atoms with Gasteiger partial charge in [0.05, 0.1) is 101 Å². The second-order valence-electron chi connectivity index (χ2n) is 22.4. The third kappa shape index (κ3) is 18.0. The van der Waals surface area contributed by atoms with Crippen LogP contribution in [0.4, 0.5) is 0 Å². The van der Waals surface area contributed by atoms with Crippen molar-refractivity contribution in [2.24, 2.45) is 41.4 Å². The molecule has 0 aromatic heterocycles. The smallest absolute Gasteiger partial charge is 0.164 e. The molecule has 36 unspecified atom stereocenters. The number of hydrogen-bond donors (Lipinski definition) is 0. The van der Waals surface area contributed by atoms with Crippen LogP contribution in [0.25, 0.3) is 0 Å². The van der Waals surface area contributed by atoms with Crippen molar-refractivity contribution in [2.45, 2.75) is 203 Å². The molecular formula is C49H92O24P10. The quantitative estimate of drug-likeness (QED) is 0.0382. The van der Waals surface area contributed by atoms with Gasteiger partial charge in [0.2, 0.25) is 0 Å². The highest BCUT2D eigenvalue weighted by molar-refractivity contribution is 7.25. The molecular weight excluding hydrogens is 1280 g/mol. The fourth-order valence-corrected chi connectivity index (χ4v) is 16.3. The highest BCUT2D eigenvalue weighted by atomic mass is 31.1. The van der Waals surface area contributed by atoms with Gasteiger partial charge in [0, 0.05) is 127 Å². The Labute approximate surface area is 512 Å². The van der Waals surface area contributed by atoms with Crippen molar-refractivity contribution in [3.63, 3.8) is 0 Å². The van der Waals surface area contributed by atoms with Crippen molar-refractivity contribution in [3.8, 4) is 0 Å². The molecule has 83 heavy (non-hydrogen) atoms. The maximum absolute atomic E-state index is 12.1. The summed E-state index contributed by atoms with van der Waals surface area (Å²) in [6.07, 6.45) is -8.07. The normalized spacial score (nSPS) is 45.7. The Bertz CT molecular complexity index is 1920. The summed E-state index contributed by atoms with van der Waals surface area (Å²) in [6.45, 7) is 19.4. The summed E-state index contributed by atoms with van der Waals surface area (Å²) in [5, 5.41) is 0. The Hall–Kier alpha value is 2.79. The van der Waals surface area contributed by atoms with Crippen molar-refractivity contribution in [3.05, 3.63) is 12.7 Å². The molecule has 7 fully saturated rings. The molecule has 34 heteroatoms. The molecule has 0 aliphatic carbocycles. The van der Waals surface area contributed by atoms with E-state index in [2.05, 4.69) is 91.8 Å². The van der Waals surface area contributed by atoms with Crippen molar-refractivity contribution in [2.75, 3.05) is 52.9 Å². The molecule has 0 amide bonds. The van der Waals surface area contributed by atoms with E-state index in [1.54, 1.807) is 0 Å². The van der Waals surface area contributed by atoms with E-state index in [1.165, 1.54) is 0 Å².